The zero-order chi connectivity index (χ0) is 20.9. The minimum absolute atomic E-state index is 0.0787. The van der Waals surface area contributed by atoms with Crippen LogP contribution in [-0.2, 0) is 11.2 Å². The van der Waals surface area contributed by atoms with Gasteiger partial charge >= 0.3 is 0 Å². The third-order valence-electron chi connectivity index (χ3n) is 5.09. The molecule has 0 spiro atoms. The first kappa shape index (κ1) is 19.5. The molecule has 0 saturated heterocycles. The number of benzene rings is 3. The van der Waals surface area contributed by atoms with Crippen LogP contribution in [0, 0.1) is 11.3 Å². The maximum Gasteiger partial charge on any atom is 0.231 e. The molecule has 1 heterocycles. The van der Waals surface area contributed by atoms with Crippen LogP contribution in [0.4, 0.5) is 5.69 Å². The van der Waals surface area contributed by atoms with E-state index in [0.29, 0.717) is 13.2 Å². The topological polar surface area (TPSA) is 66.5 Å². The Morgan fingerprint density at radius 2 is 1.90 bits per heavy atom. The molecular formula is C25H22N2O3. The van der Waals surface area contributed by atoms with Crippen molar-refractivity contribution in [3.63, 3.8) is 0 Å². The summed E-state index contributed by atoms with van der Waals surface area (Å²) in [5, 5.41) is 12.2. The Labute approximate surface area is 175 Å². The predicted octanol–water partition coefficient (Wildman–Crippen LogP) is 5.47. The molecule has 0 bridgehead atoms. The second-order valence-electron chi connectivity index (χ2n) is 6.98. The number of carbonyl (C=O) groups is 1. The highest BCUT2D eigenvalue weighted by Gasteiger charge is 2.19. The van der Waals surface area contributed by atoms with Crippen LogP contribution in [0.2, 0.25) is 0 Å². The van der Waals surface area contributed by atoms with Gasteiger partial charge in [-0.25, -0.2) is 0 Å². The van der Waals surface area contributed by atoms with E-state index < -0.39 is 0 Å². The Balaban J connectivity index is 1.66. The number of hydrogen-bond donors (Lipinski definition) is 0. The number of anilines is 1. The molecular weight excluding hydrogens is 376 g/mol. The van der Waals surface area contributed by atoms with Crippen LogP contribution >= 0.6 is 0 Å². The number of fused-ring (bicyclic) bond motifs is 3. The molecule has 0 atom stereocenters. The summed E-state index contributed by atoms with van der Waals surface area (Å²) in [4.78, 5) is 14.9. The van der Waals surface area contributed by atoms with Crippen LogP contribution in [0.25, 0.3) is 21.7 Å². The van der Waals surface area contributed by atoms with Gasteiger partial charge in [-0.15, -0.1) is 0 Å². The van der Waals surface area contributed by atoms with Gasteiger partial charge in [0, 0.05) is 23.2 Å². The molecule has 1 aromatic heterocycles. The second-order valence-corrected chi connectivity index (χ2v) is 6.98. The lowest BCUT2D eigenvalue weighted by Crippen LogP contribution is -2.33. The number of amides is 1. The Morgan fingerprint density at radius 1 is 1.10 bits per heavy atom. The van der Waals surface area contributed by atoms with Gasteiger partial charge in [-0.2, -0.15) is 5.26 Å². The van der Waals surface area contributed by atoms with Gasteiger partial charge < -0.3 is 14.1 Å². The molecule has 4 rings (SSSR count). The summed E-state index contributed by atoms with van der Waals surface area (Å²) in [5.41, 5.74) is 2.36. The lowest BCUT2D eigenvalue weighted by Gasteiger charge is -2.22. The Hall–Kier alpha value is -3.78. The molecule has 3 aromatic carbocycles. The molecule has 30 heavy (non-hydrogen) atoms. The van der Waals surface area contributed by atoms with E-state index in [9.17, 15) is 4.79 Å². The molecule has 150 valence electrons. The van der Waals surface area contributed by atoms with Crippen molar-refractivity contribution in [1.82, 2.24) is 0 Å². The zero-order valence-corrected chi connectivity index (χ0v) is 16.8. The molecule has 0 aliphatic rings. The lowest BCUT2D eigenvalue weighted by molar-refractivity contribution is -0.118. The molecule has 0 N–H and O–H groups in total. The molecule has 0 unspecified atom stereocenters. The van der Waals surface area contributed by atoms with Gasteiger partial charge in [0.15, 0.2) is 0 Å². The van der Waals surface area contributed by atoms with Crippen molar-refractivity contribution in [3.8, 4) is 11.8 Å². The van der Waals surface area contributed by atoms with E-state index in [4.69, 9.17) is 14.4 Å². The minimum atomic E-state index is -0.0787. The Bertz CT molecular complexity index is 1220. The summed E-state index contributed by atoms with van der Waals surface area (Å²) < 4.78 is 11.2. The van der Waals surface area contributed by atoms with Gasteiger partial charge in [-0.05, 0) is 48.0 Å². The molecule has 5 nitrogen and oxygen atoms in total. The summed E-state index contributed by atoms with van der Waals surface area (Å²) in [5.74, 6) is 0.672. The maximum atomic E-state index is 13.3. The van der Waals surface area contributed by atoms with E-state index in [1.165, 1.54) is 0 Å². The molecule has 5 heteroatoms. The van der Waals surface area contributed by atoms with E-state index in [2.05, 4.69) is 6.07 Å². The normalized spacial score (nSPS) is 10.8. The first-order chi connectivity index (χ1) is 14.7. The average Bonchev–Trinajstić information content (AvgIpc) is 3.18. The van der Waals surface area contributed by atoms with Gasteiger partial charge in [0.2, 0.25) is 5.91 Å². The van der Waals surface area contributed by atoms with E-state index in [0.717, 1.165) is 38.7 Å². The molecule has 0 saturated carbocycles. The first-order valence-corrected chi connectivity index (χ1v) is 9.99. The molecule has 0 fully saturated rings. The molecule has 0 radical (unpaired) electrons. The van der Waals surface area contributed by atoms with E-state index in [1.54, 1.807) is 11.2 Å². The number of nitrogens with zero attached hydrogens (tertiary/aromatic N) is 2. The predicted molar refractivity (Wildman–Crippen MR) is 118 cm³/mol. The van der Waals surface area contributed by atoms with Crippen LogP contribution in [0.15, 0.2) is 71.3 Å². The van der Waals surface area contributed by atoms with E-state index >= 15 is 0 Å². The molecule has 1 amide bonds. The second kappa shape index (κ2) is 8.71. The summed E-state index contributed by atoms with van der Waals surface area (Å²) in [6.07, 6.45) is 2.11. The fourth-order valence-corrected chi connectivity index (χ4v) is 3.71. The largest absolute Gasteiger partial charge is 0.494 e. The molecule has 0 aliphatic heterocycles. The van der Waals surface area contributed by atoms with E-state index in [1.807, 2.05) is 67.6 Å². The van der Waals surface area contributed by atoms with Crippen molar-refractivity contribution >= 4 is 33.3 Å². The Kier molecular flexibility index (Phi) is 5.67. The van der Waals surface area contributed by atoms with Crippen LogP contribution in [0.3, 0.4) is 0 Å². The highest BCUT2D eigenvalue weighted by molar-refractivity contribution is 6.09. The van der Waals surface area contributed by atoms with Crippen LogP contribution < -0.4 is 9.64 Å². The number of nitriles is 1. The number of hydrogen-bond acceptors (Lipinski definition) is 4. The summed E-state index contributed by atoms with van der Waals surface area (Å²) >= 11 is 0. The van der Waals surface area contributed by atoms with Crippen molar-refractivity contribution in [3.05, 3.63) is 72.5 Å². The number of ether oxygens (including phenoxy) is 1. The van der Waals surface area contributed by atoms with Gasteiger partial charge in [0.25, 0.3) is 0 Å². The number of carbonyl (C=O) groups excluding carboxylic acids is 1. The number of furan rings is 1. The highest BCUT2D eigenvalue weighted by Crippen LogP contribution is 2.31. The van der Waals surface area contributed by atoms with Crippen molar-refractivity contribution in [2.75, 3.05) is 18.1 Å². The standard InChI is InChI=1S/C25H22N2O3/c1-2-29-21-11-9-20(10-12-21)27(15-5-14-26)24(28)16-19-17-30-23-13-8-18-6-3-4-7-22(18)25(19)23/h3-4,6-13,17H,2,5,15-16H2,1H3. The van der Waals surface area contributed by atoms with Gasteiger partial charge in [0.05, 0.1) is 31.8 Å². The van der Waals surface area contributed by atoms with Gasteiger partial charge in [0.1, 0.15) is 11.3 Å². The third kappa shape index (κ3) is 3.85. The van der Waals surface area contributed by atoms with Crippen LogP contribution in [0.1, 0.15) is 18.9 Å². The Morgan fingerprint density at radius 3 is 2.67 bits per heavy atom. The van der Waals surface area contributed by atoms with Crippen molar-refractivity contribution in [1.29, 1.82) is 5.26 Å². The van der Waals surface area contributed by atoms with Crippen LogP contribution in [0.5, 0.6) is 5.75 Å². The number of rotatable bonds is 7. The molecule has 4 aromatic rings. The molecule has 0 aliphatic carbocycles. The van der Waals surface area contributed by atoms with Gasteiger partial charge in [-0.1, -0.05) is 30.3 Å². The van der Waals surface area contributed by atoms with Crippen LogP contribution in [-0.4, -0.2) is 19.1 Å². The summed E-state index contributed by atoms with van der Waals surface area (Å²) in [6.45, 7) is 2.84. The first-order valence-electron chi connectivity index (χ1n) is 9.99. The van der Waals surface area contributed by atoms with Crippen molar-refractivity contribution < 1.29 is 13.9 Å². The van der Waals surface area contributed by atoms with E-state index in [-0.39, 0.29) is 18.7 Å². The summed E-state index contributed by atoms with van der Waals surface area (Å²) in [6, 6.07) is 21.5. The SMILES string of the molecule is CCOc1ccc(N(CCC#N)C(=O)Cc2coc3ccc4ccccc4c23)cc1. The smallest absolute Gasteiger partial charge is 0.231 e. The van der Waals surface area contributed by atoms with Crippen molar-refractivity contribution in [2.45, 2.75) is 19.8 Å². The maximum absolute atomic E-state index is 13.3. The zero-order valence-electron chi connectivity index (χ0n) is 16.8. The average molecular weight is 398 g/mol. The third-order valence-corrected chi connectivity index (χ3v) is 5.09. The van der Waals surface area contributed by atoms with Gasteiger partial charge in [-0.3, -0.25) is 4.79 Å². The fraction of sp³-hybridized carbons (Fsp3) is 0.200. The lowest BCUT2D eigenvalue weighted by atomic mass is 10.0. The monoisotopic (exact) mass is 398 g/mol. The van der Waals surface area contributed by atoms with Crippen molar-refractivity contribution in [2.24, 2.45) is 0 Å². The summed E-state index contributed by atoms with van der Waals surface area (Å²) in [7, 11) is 0. The quantitative estimate of drug-likeness (QED) is 0.414. The highest BCUT2D eigenvalue weighted by atomic mass is 16.5. The fourth-order valence-electron chi connectivity index (χ4n) is 3.71. The minimum Gasteiger partial charge on any atom is -0.494 e.